The van der Waals surface area contributed by atoms with Gasteiger partial charge in [-0.1, -0.05) is 24.3 Å². The van der Waals surface area contributed by atoms with Crippen molar-refractivity contribution in [3.8, 4) is 0 Å². The maximum absolute atomic E-state index is 11.9. The summed E-state index contributed by atoms with van der Waals surface area (Å²) in [6.07, 6.45) is 9.30. The van der Waals surface area contributed by atoms with Crippen molar-refractivity contribution in [2.24, 2.45) is 0 Å². The van der Waals surface area contributed by atoms with E-state index in [4.69, 9.17) is 35.2 Å². The lowest BCUT2D eigenvalue weighted by atomic mass is 10.2. The van der Waals surface area contributed by atoms with Gasteiger partial charge in [-0.05, 0) is 6.08 Å². The molecule has 0 spiro atoms. The van der Waals surface area contributed by atoms with E-state index in [0.29, 0.717) is 12.2 Å². The van der Waals surface area contributed by atoms with Crippen molar-refractivity contribution in [2.75, 3.05) is 0 Å². The molecule has 0 saturated carbocycles. The van der Waals surface area contributed by atoms with Gasteiger partial charge in [-0.2, -0.15) is 0 Å². The lowest BCUT2D eigenvalue weighted by Gasteiger charge is -2.03. The summed E-state index contributed by atoms with van der Waals surface area (Å²) < 4.78 is 46.6. The molecule has 16 heteroatoms. The third-order valence-electron chi connectivity index (χ3n) is 1.21. The Morgan fingerprint density at radius 1 is 0.739 bits per heavy atom. The van der Waals surface area contributed by atoms with Crippen LogP contribution in [0.4, 0.5) is 17.3 Å². The highest BCUT2D eigenvalue weighted by Crippen LogP contribution is 2.09. The Kier molecular flexibility index (Phi) is 21.7. The Hall–Kier alpha value is -1.28. The fourth-order valence-electron chi connectivity index (χ4n) is 0.770. The number of rotatable bonds is 2. The topological polar surface area (TPSA) is 151 Å². The zero-order valence-corrected chi connectivity index (χ0v) is 11.5. The largest absolute Gasteiger partial charge is 0.751 e. The Bertz CT molecular complexity index is 320. The molecule has 0 saturated heterocycles. The average Bonchev–Trinajstić information content (AvgIpc) is 2.54. The zero-order valence-electron chi connectivity index (χ0n) is 11.5. The molecule has 130 valence electrons. The van der Waals surface area contributed by atoms with Crippen molar-refractivity contribution in [3.63, 3.8) is 0 Å². The molecular weight excluding hydrogens is 331 g/mol. The highest BCUT2D eigenvalue weighted by atomic mass is 19.1. The number of halogens is 4. The third kappa shape index (κ3) is 52.9. The van der Waals surface area contributed by atoms with Crippen LogP contribution in [0.25, 0.3) is 0 Å². The first-order valence-electron chi connectivity index (χ1n) is 5.50. The second-order valence-corrected chi connectivity index (χ2v) is 2.99. The van der Waals surface area contributed by atoms with Gasteiger partial charge in [0, 0.05) is 6.42 Å². The number of hydrogen-bond acceptors (Lipinski definition) is 8. The predicted octanol–water partition coefficient (Wildman–Crippen LogP) is -1.87. The van der Waals surface area contributed by atoms with Crippen LogP contribution >= 0.6 is 0 Å². The molecule has 0 aromatic rings. The normalized spacial score (nSPS) is 11.0. The maximum Gasteiger partial charge on any atom is 0.751 e. The molecule has 7 N–H and O–H groups in total. The molecule has 23 heavy (non-hydrogen) atoms. The SMILES string of the molecule is OB(F)OC1=CC=CC=CC1.OB(O)F.OB(O)F.OB(O)F. The van der Waals surface area contributed by atoms with Crippen molar-refractivity contribution in [3.05, 3.63) is 36.1 Å². The Labute approximate surface area is 130 Å². The van der Waals surface area contributed by atoms with Gasteiger partial charge in [0.1, 0.15) is 0 Å². The van der Waals surface area contributed by atoms with Gasteiger partial charge in [-0.3, -0.25) is 12.9 Å². The van der Waals surface area contributed by atoms with Crippen LogP contribution < -0.4 is 0 Å². The van der Waals surface area contributed by atoms with Crippen LogP contribution in [0.2, 0.25) is 0 Å². The smallest absolute Gasteiger partial charge is 0.512 e. The molecule has 0 radical (unpaired) electrons. The summed E-state index contributed by atoms with van der Waals surface area (Å²) in [5.41, 5.74) is 0. The van der Waals surface area contributed by atoms with E-state index in [1.165, 1.54) is 0 Å². The van der Waals surface area contributed by atoms with Crippen LogP contribution in [-0.4, -0.2) is 64.8 Å². The molecule has 0 aliphatic heterocycles. The molecule has 0 amide bonds. The van der Waals surface area contributed by atoms with Crippen LogP contribution in [0.5, 0.6) is 0 Å². The highest BCUT2D eigenvalue weighted by molar-refractivity contribution is 6.34. The summed E-state index contributed by atoms with van der Waals surface area (Å²) in [5.74, 6) is 0.421. The zero-order chi connectivity index (χ0) is 18.8. The molecule has 1 aliphatic rings. The predicted molar refractivity (Wildman–Crippen MR) is 75.0 cm³/mol. The standard InChI is InChI=1S/C7H8BFO2.3BFH2O2/c9-8(10)11-7-5-3-1-2-4-6-7;3*2-1(3)4/h1-5,10H,6H2;3*3-4H. The van der Waals surface area contributed by atoms with Gasteiger partial charge in [-0.15, -0.1) is 0 Å². The van der Waals surface area contributed by atoms with Crippen LogP contribution in [0.15, 0.2) is 36.1 Å². The quantitative estimate of drug-likeness (QED) is 0.227. The minimum Gasteiger partial charge on any atom is -0.512 e. The summed E-state index contributed by atoms with van der Waals surface area (Å²) >= 11 is 0. The molecular formula is C7H14B4F4O8. The molecule has 0 unspecified atom stereocenters. The van der Waals surface area contributed by atoms with Crippen molar-refractivity contribution in [1.82, 2.24) is 0 Å². The molecule has 0 aromatic heterocycles. The molecule has 8 nitrogen and oxygen atoms in total. The van der Waals surface area contributed by atoms with E-state index in [1.807, 2.05) is 12.2 Å². The van der Waals surface area contributed by atoms with E-state index in [9.17, 15) is 17.3 Å². The lowest BCUT2D eigenvalue weighted by Crippen LogP contribution is -2.09. The second kappa shape index (κ2) is 18.8. The first-order valence-corrected chi connectivity index (χ1v) is 5.50. The first-order chi connectivity index (χ1) is 10.5. The van der Waals surface area contributed by atoms with E-state index in [1.54, 1.807) is 18.2 Å². The number of hydrogen-bond donors (Lipinski definition) is 7. The lowest BCUT2D eigenvalue weighted by molar-refractivity contribution is 0.281. The molecule has 1 rings (SSSR count). The monoisotopic (exact) mass is 346 g/mol. The highest BCUT2D eigenvalue weighted by Gasteiger charge is 2.14. The van der Waals surface area contributed by atoms with Gasteiger partial charge >= 0.3 is 29.6 Å². The van der Waals surface area contributed by atoms with Crippen LogP contribution in [-0.2, 0) is 4.65 Å². The van der Waals surface area contributed by atoms with E-state index in [0.717, 1.165) is 0 Å². The Morgan fingerprint density at radius 2 is 1.13 bits per heavy atom. The minimum atomic E-state index is -2.67. The Morgan fingerprint density at radius 3 is 1.48 bits per heavy atom. The van der Waals surface area contributed by atoms with Gasteiger partial charge in [-0.25, -0.2) is 4.32 Å². The van der Waals surface area contributed by atoms with E-state index >= 15 is 0 Å². The summed E-state index contributed by atoms with van der Waals surface area (Å²) in [4.78, 5) is 0. The van der Waals surface area contributed by atoms with E-state index in [2.05, 4.69) is 4.65 Å². The van der Waals surface area contributed by atoms with Gasteiger partial charge < -0.3 is 39.8 Å². The van der Waals surface area contributed by atoms with E-state index in [-0.39, 0.29) is 0 Å². The Balaban J connectivity index is -0.000000278. The van der Waals surface area contributed by atoms with Crippen LogP contribution in [0.1, 0.15) is 6.42 Å². The van der Waals surface area contributed by atoms with Crippen molar-refractivity contribution < 1.29 is 57.1 Å². The average molecular weight is 345 g/mol. The van der Waals surface area contributed by atoms with Crippen LogP contribution in [0.3, 0.4) is 0 Å². The summed E-state index contributed by atoms with van der Waals surface area (Å²) in [7, 11) is -10.2. The van der Waals surface area contributed by atoms with Crippen LogP contribution in [0, 0.1) is 0 Å². The van der Waals surface area contributed by atoms with Gasteiger partial charge in [0.2, 0.25) is 0 Å². The molecule has 0 fully saturated rings. The molecule has 0 heterocycles. The summed E-state index contributed by atoms with van der Waals surface area (Å²) in [6.45, 7) is 0. The summed E-state index contributed by atoms with van der Waals surface area (Å²) in [5, 5.41) is 49.9. The third-order valence-corrected chi connectivity index (χ3v) is 1.21. The molecule has 0 atom stereocenters. The minimum absolute atomic E-state index is 0.421. The van der Waals surface area contributed by atoms with Gasteiger partial charge in [0.05, 0.1) is 5.76 Å². The van der Waals surface area contributed by atoms with Gasteiger partial charge in [0.15, 0.2) is 0 Å². The fraction of sp³-hybridized carbons (Fsp3) is 0.143. The molecule has 0 bridgehead atoms. The summed E-state index contributed by atoms with van der Waals surface area (Å²) in [6, 6.07) is 0. The molecule has 1 aliphatic carbocycles. The molecule has 0 aromatic carbocycles. The number of allylic oxidation sites excluding steroid dienone is 5. The van der Waals surface area contributed by atoms with Crippen molar-refractivity contribution in [2.45, 2.75) is 6.42 Å². The van der Waals surface area contributed by atoms with Crippen molar-refractivity contribution in [1.29, 1.82) is 0 Å². The van der Waals surface area contributed by atoms with Gasteiger partial charge in [0.25, 0.3) is 0 Å². The van der Waals surface area contributed by atoms with E-state index < -0.39 is 29.6 Å². The first kappa shape index (κ1) is 26.6. The van der Waals surface area contributed by atoms with Crippen molar-refractivity contribution >= 4 is 29.6 Å². The second-order valence-electron chi connectivity index (χ2n) is 2.99. The fourth-order valence-corrected chi connectivity index (χ4v) is 0.770. The maximum atomic E-state index is 11.9.